The Morgan fingerprint density at radius 1 is 1.24 bits per heavy atom. The van der Waals surface area contributed by atoms with Crippen molar-refractivity contribution < 1.29 is 8.42 Å². The third kappa shape index (κ3) is 4.07. The number of aryl methyl sites for hydroxylation is 2. The number of rotatable bonds is 7. The van der Waals surface area contributed by atoms with E-state index in [2.05, 4.69) is 35.3 Å². The Morgan fingerprint density at radius 2 is 2.00 bits per heavy atom. The van der Waals surface area contributed by atoms with Crippen LogP contribution in [-0.4, -0.2) is 55.0 Å². The summed E-state index contributed by atoms with van der Waals surface area (Å²) in [7, 11) is -3.58. The Kier molecular flexibility index (Phi) is 5.19. The van der Waals surface area contributed by atoms with Crippen molar-refractivity contribution in [3.05, 3.63) is 23.7 Å². The lowest BCUT2D eigenvalue weighted by Gasteiger charge is -2.17. The lowest BCUT2D eigenvalue weighted by Crippen LogP contribution is -2.29. The molecule has 136 valence electrons. The van der Waals surface area contributed by atoms with Gasteiger partial charge in [-0.25, -0.2) is 13.1 Å². The van der Waals surface area contributed by atoms with Crippen LogP contribution in [0.5, 0.6) is 0 Å². The highest BCUT2D eigenvalue weighted by Crippen LogP contribution is 2.20. The van der Waals surface area contributed by atoms with Gasteiger partial charge in [-0.15, -0.1) is 5.10 Å². The Hall–Kier alpha value is -2.20. The lowest BCUT2D eigenvalue weighted by atomic mass is 10.4. The van der Waals surface area contributed by atoms with Crippen LogP contribution in [0.4, 0.5) is 11.5 Å². The molecule has 0 radical (unpaired) electrons. The molecule has 0 unspecified atom stereocenters. The highest BCUT2D eigenvalue weighted by atomic mass is 32.2. The van der Waals surface area contributed by atoms with Gasteiger partial charge < -0.3 is 10.2 Å². The molecule has 3 N–H and O–H groups in total. The van der Waals surface area contributed by atoms with Crippen LogP contribution >= 0.6 is 0 Å². The van der Waals surface area contributed by atoms with Gasteiger partial charge in [0.15, 0.2) is 5.82 Å². The van der Waals surface area contributed by atoms with Crippen LogP contribution in [0.15, 0.2) is 17.2 Å². The molecule has 0 atom stereocenters. The van der Waals surface area contributed by atoms with Gasteiger partial charge >= 0.3 is 0 Å². The van der Waals surface area contributed by atoms with Crippen molar-refractivity contribution in [2.75, 3.05) is 36.4 Å². The van der Waals surface area contributed by atoms with Crippen LogP contribution in [-0.2, 0) is 10.0 Å². The number of hydrogen-bond donors (Lipinski definition) is 3. The van der Waals surface area contributed by atoms with Gasteiger partial charge in [-0.3, -0.25) is 5.10 Å². The summed E-state index contributed by atoms with van der Waals surface area (Å²) in [5.74, 6) is 0.638. The van der Waals surface area contributed by atoms with Crippen molar-refractivity contribution >= 4 is 21.5 Å². The fourth-order valence-electron chi connectivity index (χ4n) is 2.98. The van der Waals surface area contributed by atoms with Crippen molar-refractivity contribution in [1.82, 2.24) is 25.1 Å². The van der Waals surface area contributed by atoms with E-state index in [9.17, 15) is 8.42 Å². The molecule has 25 heavy (non-hydrogen) atoms. The van der Waals surface area contributed by atoms with E-state index in [1.807, 2.05) is 6.07 Å². The number of H-pyrrole nitrogens is 1. The van der Waals surface area contributed by atoms with Crippen LogP contribution in [0.1, 0.15) is 24.2 Å². The minimum atomic E-state index is -3.58. The Morgan fingerprint density at radius 3 is 2.68 bits per heavy atom. The summed E-state index contributed by atoms with van der Waals surface area (Å²) in [6, 6.07) is 1.94. The largest absolute Gasteiger partial charge is 0.370 e. The number of aromatic amines is 1. The number of sulfonamides is 1. The van der Waals surface area contributed by atoms with E-state index in [4.69, 9.17) is 0 Å². The van der Waals surface area contributed by atoms with Gasteiger partial charge in [0.2, 0.25) is 10.0 Å². The average molecular weight is 365 g/mol. The highest BCUT2D eigenvalue weighted by Gasteiger charge is 2.21. The molecule has 0 aliphatic carbocycles. The Balaban J connectivity index is 1.54. The maximum Gasteiger partial charge on any atom is 0.244 e. The minimum absolute atomic E-state index is 0.211. The summed E-state index contributed by atoms with van der Waals surface area (Å²) >= 11 is 0. The SMILES string of the molecule is Cc1n[nH]c(C)c1S(=O)(=O)NCCNc1cc(N2CCCC2)cnn1. The molecule has 10 heteroatoms. The zero-order valence-corrected chi connectivity index (χ0v) is 15.2. The average Bonchev–Trinajstić information content (AvgIpc) is 3.22. The van der Waals surface area contributed by atoms with E-state index in [1.165, 1.54) is 12.8 Å². The van der Waals surface area contributed by atoms with Crippen LogP contribution < -0.4 is 14.9 Å². The summed E-state index contributed by atoms with van der Waals surface area (Å²) in [6.45, 7) is 6.07. The molecule has 0 amide bonds. The first-order chi connectivity index (χ1) is 12.0. The molecule has 1 aliphatic heterocycles. The number of hydrogen-bond acceptors (Lipinski definition) is 7. The van der Waals surface area contributed by atoms with Crippen LogP contribution in [0, 0.1) is 13.8 Å². The van der Waals surface area contributed by atoms with Gasteiger partial charge in [-0.05, 0) is 26.7 Å². The first-order valence-corrected chi connectivity index (χ1v) is 9.78. The van der Waals surface area contributed by atoms with Crippen LogP contribution in [0.3, 0.4) is 0 Å². The first-order valence-electron chi connectivity index (χ1n) is 8.30. The topological polar surface area (TPSA) is 116 Å². The number of aromatic nitrogens is 4. The molecule has 0 bridgehead atoms. The van der Waals surface area contributed by atoms with Crippen molar-refractivity contribution in [3.63, 3.8) is 0 Å². The normalized spacial score (nSPS) is 14.9. The molecule has 0 aromatic carbocycles. The molecule has 2 aromatic heterocycles. The van der Waals surface area contributed by atoms with Gasteiger partial charge in [-0.2, -0.15) is 10.2 Å². The molecule has 0 spiro atoms. The lowest BCUT2D eigenvalue weighted by molar-refractivity contribution is 0.581. The molecular formula is C15H23N7O2S. The second-order valence-electron chi connectivity index (χ2n) is 6.08. The van der Waals surface area contributed by atoms with Crippen molar-refractivity contribution in [2.45, 2.75) is 31.6 Å². The van der Waals surface area contributed by atoms with E-state index in [0.29, 0.717) is 23.8 Å². The third-order valence-electron chi connectivity index (χ3n) is 4.16. The molecule has 3 rings (SSSR count). The highest BCUT2D eigenvalue weighted by molar-refractivity contribution is 7.89. The van der Waals surface area contributed by atoms with Gasteiger partial charge in [0, 0.05) is 32.2 Å². The zero-order chi connectivity index (χ0) is 17.9. The summed E-state index contributed by atoms with van der Waals surface area (Å²) < 4.78 is 27.3. The molecule has 3 heterocycles. The summed E-state index contributed by atoms with van der Waals surface area (Å²) in [6.07, 6.45) is 4.14. The maximum absolute atomic E-state index is 12.3. The Labute approximate surface area is 147 Å². The second-order valence-corrected chi connectivity index (χ2v) is 7.78. The smallest absolute Gasteiger partial charge is 0.244 e. The van der Waals surface area contributed by atoms with Gasteiger partial charge in [0.25, 0.3) is 0 Å². The number of nitrogens with one attached hydrogen (secondary N) is 3. The third-order valence-corrected chi connectivity index (χ3v) is 5.89. The second kappa shape index (κ2) is 7.36. The molecule has 2 aromatic rings. The monoisotopic (exact) mass is 365 g/mol. The summed E-state index contributed by atoms with van der Waals surface area (Å²) in [4.78, 5) is 2.48. The Bertz CT molecular complexity index is 809. The first kappa shape index (κ1) is 17.6. The van der Waals surface area contributed by atoms with E-state index in [0.717, 1.165) is 18.8 Å². The minimum Gasteiger partial charge on any atom is -0.370 e. The fourth-order valence-corrected chi connectivity index (χ4v) is 4.37. The molecular weight excluding hydrogens is 342 g/mol. The van der Waals surface area contributed by atoms with E-state index in [-0.39, 0.29) is 11.4 Å². The number of anilines is 2. The number of nitrogens with zero attached hydrogens (tertiary/aromatic N) is 4. The van der Waals surface area contributed by atoms with E-state index < -0.39 is 10.0 Å². The predicted molar refractivity (Wildman–Crippen MR) is 95.2 cm³/mol. The summed E-state index contributed by atoms with van der Waals surface area (Å²) in [5.41, 5.74) is 2.03. The van der Waals surface area contributed by atoms with Crippen molar-refractivity contribution in [3.8, 4) is 0 Å². The quantitative estimate of drug-likeness (QED) is 0.622. The zero-order valence-electron chi connectivity index (χ0n) is 14.4. The summed E-state index contributed by atoms with van der Waals surface area (Å²) in [5, 5.41) is 17.8. The van der Waals surface area contributed by atoms with Crippen molar-refractivity contribution in [1.29, 1.82) is 0 Å². The molecule has 1 aliphatic rings. The molecule has 1 fully saturated rings. The molecule has 0 saturated carbocycles. The molecule has 9 nitrogen and oxygen atoms in total. The van der Waals surface area contributed by atoms with Gasteiger partial charge in [-0.1, -0.05) is 0 Å². The van der Waals surface area contributed by atoms with Crippen molar-refractivity contribution in [2.24, 2.45) is 0 Å². The van der Waals surface area contributed by atoms with Crippen LogP contribution in [0.2, 0.25) is 0 Å². The predicted octanol–water partition coefficient (Wildman–Crippen LogP) is 0.807. The standard InChI is InChI=1S/C15H23N7O2S/c1-11-15(12(2)20-19-11)25(23,24)18-6-5-16-14-9-13(10-17-21-14)22-7-3-4-8-22/h9-10,18H,3-8H2,1-2H3,(H,16,21)(H,19,20). The van der Waals surface area contributed by atoms with E-state index in [1.54, 1.807) is 20.0 Å². The fraction of sp³-hybridized carbons (Fsp3) is 0.533. The van der Waals surface area contributed by atoms with Gasteiger partial charge in [0.05, 0.1) is 23.3 Å². The maximum atomic E-state index is 12.3. The van der Waals surface area contributed by atoms with Crippen LogP contribution in [0.25, 0.3) is 0 Å². The van der Waals surface area contributed by atoms with E-state index >= 15 is 0 Å². The van der Waals surface area contributed by atoms with Gasteiger partial charge in [0.1, 0.15) is 4.90 Å². The molecule has 1 saturated heterocycles.